The van der Waals surface area contributed by atoms with Crippen LogP contribution in [0.25, 0.3) is 54.9 Å². The Balaban J connectivity index is 1.22. The zero-order valence-electron chi connectivity index (χ0n) is 28.7. The van der Waals surface area contributed by atoms with Crippen molar-refractivity contribution in [2.45, 2.75) is 18.5 Å². The number of benzene rings is 8. The maximum absolute atomic E-state index is 4.03. The van der Waals surface area contributed by atoms with Gasteiger partial charge in [-0.2, -0.15) is 0 Å². The topological polar surface area (TPSA) is 31.9 Å². The third-order valence-electron chi connectivity index (χ3n) is 10.6. The summed E-state index contributed by atoms with van der Waals surface area (Å²) in [6, 6.07) is 68.5. The van der Waals surface area contributed by atoms with E-state index in [0.29, 0.717) is 0 Å². The second-order valence-corrected chi connectivity index (χ2v) is 13.6. The molecule has 0 aromatic heterocycles. The smallest absolute Gasteiger partial charge is 0.172 e. The van der Waals surface area contributed by atoms with Gasteiger partial charge in [0.1, 0.15) is 0 Å². The van der Waals surface area contributed by atoms with Crippen molar-refractivity contribution < 1.29 is 5.32 Å². The van der Waals surface area contributed by atoms with Crippen LogP contribution in [0.4, 0.5) is 0 Å². The van der Waals surface area contributed by atoms with Crippen molar-refractivity contribution in [1.82, 2.24) is 10.2 Å². The predicted octanol–water partition coefficient (Wildman–Crippen LogP) is 10.5. The number of quaternary nitrogens is 1. The largest absolute Gasteiger partial charge is 0.308 e. The standard InChI is InChI=1S/C48H39N3/c1-51-47(36-19-6-3-7-20-36)49-46(39-24-12-23-37(31-39)33-15-4-2-5-16-33)50-48(51)44-30-29-38(42-27-13-21-34-17-8-10-25-40(34)42)32-45(44)43-28-14-22-35-18-9-11-26-41(35)43/h2-32,46-50H,1H3/p+1. The number of nitrogens with two attached hydrogens (primary N) is 1. The van der Waals surface area contributed by atoms with E-state index in [1.165, 1.54) is 71.6 Å². The Morgan fingerprint density at radius 1 is 0.451 bits per heavy atom. The second-order valence-electron chi connectivity index (χ2n) is 13.6. The van der Waals surface area contributed by atoms with Crippen molar-refractivity contribution in [3.8, 4) is 33.4 Å². The van der Waals surface area contributed by atoms with E-state index in [-0.39, 0.29) is 18.5 Å². The Hall–Kier alpha value is -5.84. The molecule has 3 nitrogen and oxygen atoms in total. The van der Waals surface area contributed by atoms with Gasteiger partial charge in [0.2, 0.25) is 0 Å². The molecule has 1 saturated heterocycles. The average molecular weight is 659 g/mol. The summed E-state index contributed by atoms with van der Waals surface area (Å²) in [6.07, 6.45) is 0.0558. The minimum absolute atomic E-state index is 0.00434. The van der Waals surface area contributed by atoms with Gasteiger partial charge in [0, 0.05) is 11.1 Å². The van der Waals surface area contributed by atoms with Gasteiger partial charge in [-0.15, -0.1) is 0 Å². The van der Waals surface area contributed by atoms with Gasteiger partial charge >= 0.3 is 0 Å². The Labute approximate surface area is 299 Å². The summed E-state index contributed by atoms with van der Waals surface area (Å²) in [7, 11) is 2.26. The maximum Gasteiger partial charge on any atom is 0.172 e. The van der Waals surface area contributed by atoms with Gasteiger partial charge in [-0.25, -0.2) is 10.2 Å². The molecule has 1 heterocycles. The van der Waals surface area contributed by atoms with Crippen molar-refractivity contribution in [2.24, 2.45) is 0 Å². The molecule has 3 heteroatoms. The molecule has 9 rings (SSSR count). The quantitative estimate of drug-likeness (QED) is 0.186. The molecule has 3 N–H and O–H groups in total. The van der Waals surface area contributed by atoms with Crippen LogP contribution >= 0.6 is 0 Å². The molecule has 246 valence electrons. The van der Waals surface area contributed by atoms with E-state index in [0.717, 1.165) is 0 Å². The Kier molecular flexibility index (Phi) is 8.23. The minimum atomic E-state index is 0.00434. The molecule has 8 aromatic rings. The molecule has 1 fully saturated rings. The summed E-state index contributed by atoms with van der Waals surface area (Å²) in [5, 5.41) is 11.6. The van der Waals surface area contributed by atoms with Crippen LogP contribution in [0, 0.1) is 0 Å². The Bertz CT molecular complexity index is 2460. The molecule has 8 aromatic carbocycles. The zero-order chi connectivity index (χ0) is 34.1. The fourth-order valence-corrected chi connectivity index (χ4v) is 8.01. The summed E-state index contributed by atoms with van der Waals surface area (Å²) < 4.78 is 0. The number of rotatable bonds is 6. The van der Waals surface area contributed by atoms with Gasteiger partial charge in [0.25, 0.3) is 0 Å². The fraction of sp³-hybridized carbons (Fsp3) is 0.0833. The van der Waals surface area contributed by atoms with Crippen LogP contribution in [0.2, 0.25) is 0 Å². The molecular weight excluding hydrogens is 619 g/mol. The molecule has 0 spiro atoms. The fourth-order valence-electron chi connectivity index (χ4n) is 8.01. The summed E-state index contributed by atoms with van der Waals surface area (Å²) in [5.74, 6) is 0. The van der Waals surface area contributed by atoms with Crippen molar-refractivity contribution in [3.63, 3.8) is 0 Å². The lowest BCUT2D eigenvalue weighted by Gasteiger charge is -2.43. The highest BCUT2D eigenvalue weighted by molar-refractivity contribution is 6.00. The second kappa shape index (κ2) is 13.5. The van der Waals surface area contributed by atoms with Gasteiger partial charge in [-0.05, 0) is 79.7 Å². The maximum atomic E-state index is 4.03. The molecule has 3 atom stereocenters. The molecule has 0 saturated carbocycles. The van der Waals surface area contributed by atoms with Crippen LogP contribution < -0.4 is 10.6 Å². The molecule has 3 unspecified atom stereocenters. The van der Waals surface area contributed by atoms with Crippen molar-refractivity contribution >= 4 is 21.5 Å². The van der Waals surface area contributed by atoms with E-state index in [4.69, 9.17) is 0 Å². The average Bonchev–Trinajstić information content (AvgIpc) is 3.21. The third kappa shape index (κ3) is 5.92. The SMILES string of the molecule is CN1C(c2ccccc2)NC(c2cccc(-c3ccccc3)c2)[NH2+]C1c1ccc(-c2cccc3ccccc23)cc1-c1cccc2ccccc12. The van der Waals surface area contributed by atoms with Crippen LogP contribution in [-0.2, 0) is 0 Å². The van der Waals surface area contributed by atoms with Crippen LogP contribution in [-0.4, -0.2) is 11.9 Å². The first kappa shape index (κ1) is 31.2. The van der Waals surface area contributed by atoms with E-state index in [9.17, 15) is 0 Å². The van der Waals surface area contributed by atoms with E-state index in [1.807, 2.05) is 0 Å². The summed E-state index contributed by atoms with van der Waals surface area (Å²) in [6.45, 7) is 0. The monoisotopic (exact) mass is 658 g/mol. The molecule has 0 aliphatic carbocycles. The normalized spacial score (nSPS) is 17.9. The number of hydrogen-bond acceptors (Lipinski definition) is 2. The summed E-state index contributed by atoms with van der Waals surface area (Å²) in [5.41, 5.74) is 11.3. The Morgan fingerprint density at radius 3 is 1.76 bits per heavy atom. The molecule has 51 heavy (non-hydrogen) atoms. The van der Waals surface area contributed by atoms with E-state index < -0.39 is 0 Å². The number of hydrogen-bond donors (Lipinski definition) is 2. The zero-order valence-corrected chi connectivity index (χ0v) is 28.7. The Morgan fingerprint density at radius 2 is 1.02 bits per heavy atom. The van der Waals surface area contributed by atoms with E-state index in [1.54, 1.807) is 0 Å². The summed E-state index contributed by atoms with van der Waals surface area (Å²) in [4.78, 5) is 2.49. The van der Waals surface area contributed by atoms with Gasteiger partial charge in [-0.1, -0.05) is 176 Å². The first-order valence-electron chi connectivity index (χ1n) is 17.8. The molecule has 1 aliphatic rings. The predicted molar refractivity (Wildman–Crippen MR) is 212 cm³/mol. The highest BCUT2D eigenvalue weighted by atomic mass is 15.4. The number of fused-ring (bicyclic) bond motifs is 2. The van der Waals surface area contributed by atoms with Gasteiger partial charge in [0.05, 0.1) is 6.17 Å². The lowest BCUT2D eigenvalue weighted by atomic mass is 9.88. The van der Waals surface area contributed by atoms with Crippen molar-refractivity contribution in [2.75, 3.05) is 7.05 Å². The molecular formula is C48H40N3+. The van der Waals surface area contributed by atoms with E-state index >= 15 is 0 Å². The first-order valence-corrected chi connectivity index (χ1v) is 17.8. The number of nitrogens with one attached hydrogen (secondary N) is 1. The highest BCUT2D eigenvalue weighted by Gasteiger charge is 2.39. The van der Waals surface area contributed by atoms with Crippen LogP contribution in [0.5, 0.6) is 0 Å². The third-order valence-corrected chi connectivity index (χ3v) is 10.6. The molecule has 0 bridgehead atoms. The summed E-state index contributed by atoms with van der Waals surface area (Å²) >= 11 is 0. The van der Waals surface area contributed by atoms with Crippen molar-refractivity contribution in [3.05, 3.63) is 205 Å². The highest BCUT2D eigenvalue weighted by Crippen LogP contribution is 2.40. The first-order chi connectivity index (χ1) is 25.2. The van der Waals surface area contributed by atoms with E-state index in [2.05, 4.69) is 211 Å². The van der Waals surface area contributed by atoms with Crippen LogP contribution in [0.15, 0.2) is 188 Å². The van der Waals surface area contributed by atoms with Crippen LogP contribution in [0.3, 0.4) is 0 Å². The molecule has 1 aliphatic heterocycles. The molecule has 0 amide bonds. The van der Waals surface area contributed by atoms with Gasteiger partial charge < -0.3 is 5.32 Å². The minimum Gasteiger partial charge on any atom is -0.308 e. The lowest BCUT2D eigenvalue weighted by Crippen LogP contribution is -2.94. The van der Waals surface area contributed by atoms with Crippen molar-refractivity contribution in [1.29, 1.82) is 0 Å². The van der Waals surface area contributed by atoms with Gasteiger partial charge in [-0.3, -0.25) is 0 Å². The molecule has 0 radical (unpaired) electrons. The number of nitrogens with zero attached hydrogens (tertiary/aromatic N) is 1. The van der Waals surface area contributed by atoms with Gasteiger partial charge in [0.15, 0.2) is 12.3 Å². The lowest BCUT2D eigenvalue weighted by molar-refractivity contribution is -0.772. The van der Waals surface area contributed by atoms with Crippen LogP contribution in [0.1, 0.15) is 35.2 Å².